The van der Waals surface area contributed by atoms with Crippen molar-refractivity contribution in [2.24, 2.45) is 5.92 Å². The van der Waals surface area contributed by atoms with Gasteiger partial charge in [0.05, 0.1) is 0 Å². The van der Waals surface area contributed by atoms with Crippen molar-refractivity contribution in [3.8, 4) is 0 Å². The summed E-state index contributed by atoms with van der Waals surface area (Å²) in [6, 6.07) is 7.11. The monoisotopic (exact) mass is 280 g/mol. The van der Waals surface area contributed by atoms with Gasteiger partial charge >= 0.3 is 0 Å². The molecule has 1 aromatic carbocycles. The largest absolute Gasteiger partial charge is 0.343 e. The highest BCUT2D eigenvalue weighted by molar-refractivity contribution is 6.30. The summed E-state index contributed by atoms with van der Waals surface area (Å²) < 4.78 is 0. The van der Waals surface area contributed by atoms with E-state index >= 15 is 0 Å². The summed E-state index contributed by atoms with van der Waals surface area (Å²) in [6.45, 7) is 2.87. The number of amides is 2. The lowest BCUT2D eigenvalue weighted by Gasteiger charge is -2.30. The molecule has 1 aliphatic heterocycles. The van der Waals surface area contributed by atoms with Gasteiger partial charge in [0, 0.05) is 36.6 Å². The van der Waals surface area contributed by atoms with Crippen LogP contribution in [-0.4, -0.2) is 29.8 Å². The minimum atomic E-state index is -0.0328. The number of halogens is 1. The van der Waals surface area contributed by atoms with Crippen LogP contribution in [0.5, 0.6) is 0 Å². The second kappa shape index (κ2) is 6.06. The molecule has 1 aliphatic rings. The molecule has 0 spiro atoms. The summed E-state index contributed by atoms with van der Waals surface area (Å²) in [7, 11) is 0. The summed E-state index contributed by atoms with van der Waals surface area (Å²) in [4.78, 5) is 25.1. The number of nitrogens with zero attached hydrogens (tertiary/aromatic N) is 1. The van der Waals surface area contributed by atoms with Crippen LogP contribution < -0.4 is 5.32 Å². The molecule has 102 valence electrons. The average Bonchev–Trinajstić information content (AvgIpc) is 2.39. The Hall–Kier alpha value is -1.55. The third-order valence-corrected chi connectivity index (χ3v) is 3.64. The molecule has 4 nitrogen and oxygen atoms in total. The Kier molecular flexibility index (Phi) is 4.43. The van der Waals surface area contributed by atoms with Gasteiger partial charge in [-0.3, -0.25) is 9.59 Å². The number of likely N-dealkylation sites (tertiary alicyclic amines) is 1. The highest BCUT2D eigenvalue weighted by Crippen LogP contribution is 2.21. The minimum absolute atomic E-state index is 0.00506. The number of hydrogen-bond acceptors (Lipinski definition) is 2. The summed E-state index contributed by atoms with van der Waals surface area (Å²) in [5.74, 6) is 0.0498. The van der Waals surface area contributed by atoms with E-state index in [0.29, 0.717) is 36.6 Å². The molecule has 1 fully saturated rings. The first-order valence-electron chi connectivity index (χ1n) is 6.38. The molecule has 1 aromatic rings. The van der Waals surface area contributed by atoms with Crippen molar-refractivity contribution in [3.63, 3.8) is 0 Å². The van der Waals surface area contributed by atoms with E-state index in [2.05, 4.69) is 5.32 Å². The number of benzene rings is 1. The van der Waals surface area contributed by atoms with Crippen LogP contribution in [0.4, 0.5) is 5.69 Å². The lowest BCUT2D eigenvalue weighted by atomic mass is 9.96. The number of anilines is 1. The molecule has 0 aliphatic carbocycles. The Morgan fingerprint density at radius 1 is 1.32 bits per heavy atom. The fraction of sp³-hybridized carbons (Fsp3) is 0.429. The van der Waals surface area contributed by atoms with Crippen LogP contribution in [0.2, 0.25) is 5.02 Å². The first kappa shape index (κ1) is 13.9. The molecule has 1 saturated heterocycles. The number of rotatable bonds is 2. The summed E-state index contributed by atoms with van der Waals surface area (Å²) >= 11 is 5.87. The van der Waals surface area contributed by atoms with Gasteiger partial charge in [0.25, 0.3) is 0 Å². The van der Waals surface area contributed by atoms with Gasteiger partial charge in [0.2, 0.25) is 11.8 Å². The van der Waals surface area contributed by atoms with E-state index in [1.165, 1.54) is 0 Å². The van der Waals surface area contributed by atoms with E-state index in [1.807, 2.05) is 6.07 Å². The van der Waals surface area contributed by atoms with Gasteiger partial charge < -0.3 is 10.2 Å². The normalized spacial score (nSPS) is 16.2. The Morgan fingerprint density at radius 2 is 2.00 bits per heavy atom. The van der Waals surface area contributed by atoms with Crippen LogP contribution in [-0.2, 0) is 9.59 Å². The van der Waals surface area contributed by atoms with Crippen molar-refractivity contribution < 1.29 is 9.59 Å². The van der Waals surface area contributed by atoms with Crippen molar-refractivity contribution in [1.29, 1.82) is 0 Å². The third-order valence-electron chi connectivity index (χ3n) is 3.40. The topological polar surface area (TPSA) is 49.4 Å². The van der Waals surface area contributed by atoms with Gasteiger partial charge in [-0.25, -0.2) is 0 Å². The third kappa shape index (κ3) is 3.70. The maximum Gasteiger partial charge on any atom is 0.227 e. The van der Waals surface area contributed by atoms with Crippen molar-refractivity contribution in [2.45, 2.75) is 19.8 Å². The SMILES string of the molecule is CC(=O)N1CCC(C(=O)Nc2cccc(Cl)c2)CC1. The Labute approximate surface area is 117 Å². The molecule has 0 atom stereocenters. The lowest BCUT2D eigenvalue weighted by molar-refractivity contribution is -0.132. The molecule has 0 bridgehead atoms. The molecular formula is C14H17ClN2O2. The molecule has 0 saturated carbocycles. The zero-order valence-corrected chi connectivity index (χ0v) is 11.6. The molecule has 0 radical (unpaired) electrons. The maximum atomic E-state index is 12.1. The lowest BCUT2D eigenvalue weighted by Crippen LogP contribution is -2.40. The van der Waals surface area contributed by atoms with Gasteiger partial charge in [-0.2, -0.15) is 0 Å². The van der Waals surface area contributed by atoms with E-state index in [0.717, 1.165) is 0 Å². The molecular weight excluding hydrogens is 264 g/mol. The molecule has 1 heterocycles. The quantitative estimate of drug-likeness (QED) is 0.905. The van der Waals surface area contributed by atoms with Crippen LogP contribution in [0, 0.1) is 5.92 Å². The van der Waals surface area contributed by atoms with Gasteiger partial charge in [0.1, 0.15) is 0 Å². The van der Waals surface area contributed by atoms with Crippen LogP contribution in [0.15, 0.2) is 24.3 Å². The number of hydrogen-bond donors (Lipinski definition) is 1. The second-order valence-electron chi connectivity index (χ2n) is 4.78. The van der Waals surface area contributed by atoms with Gasteiger partial charge in [-0.05, 0) is 31.0 Å². The predicted octanol–water partition coefficient (Wildman–Crippen LogP) is 2.54. The van der Waals surface area contributed by atoms with Crippen LogP contribution in [0.1, 0.15) is 19.8 Å². The Bertz CT molecular complexity index is 482. The molecule has 0 unspecified atom stereocenters. The molecule has 19 heavy (non-hydrogen) atoms. The summed E-state index contributed by atoms with van der Waals surface area (Å²) in [5.41, 5.74) is 0.714. The first-order chi connectivity index (χ1) is 9.06. The summed E-state index contributed by atoms with van der Waals surface area (Å²) in [5, 5.41) is 3.47. The van der Waals surface area contributed by atoms with Gasteiger partial charge in [-0.15, -0.1) is 0 Å². The fourth-order valence-electron chi connectivity index (χ4n) is 2.27. The number of carbonyl (C=O) groups is 2. The predicted molar refractivity (Wildman–Crippen MR) is 75.1 cm³/mol. The van der Waals surface area contributed by atoms with E-state index in [1.54, 1.807) is 30.0 Å². The van der Waals surface area contributed by atoms with Crippen molar-refractivity contribution in [2.75, 3.05) is 18.4 Å². The number of carbonyl (C=O) groups excluding carboxylic acids is 2. The zero-order valence-electron chi connectivity index (χ0n) is 10.9. The molecule has 2 rings (SSSR count). The smallest absolute Gasteiger partial charge is 0.227 e. The highest BCUT2D eigenvalue weighted by Gasteiger charge is 2.25. The van der Waals surface area contributed by atoms with Crippen LogP contribution >= 0.6 is 11.6 Å². The second-order valence-corrected chi connectivity index (χ2v) is 5.22. The number of nitrogens with one attached hydrogen (secondary N) is 1. The van der Waals surface area contributed by atoms with Crippen molar-refractivity contribution in [3.05, 3.63) is 29.3 Å². The van der Waals surface area contributed by atoms with Crippen molar-refractivity contribution >= 4 is 29.1 Å². The van der Waals surface area contributed by atoms with Gasteiger partial charge in [-0.1, -0.05) is 17.7 Å². The van der Waals surface area contributed by atoms with E-state index in [4.69, 9.17) is 11.6 Å². The van der Waals surface area contributed by atoms with Crippen LogP contribution in [0.3, 0.4) is 0 Å². The Balaban J connectivity index is 1.90. The maximum absolute atomic E-state index is 12.1. The van der Waals surface area contributed by atoms with E-state index < -0.39 is 0 Å². The van der Waals surface area contributed by atoms with Crippen molar-refractivity contribution in [1.82, 2.24) is 4.90 Å². The van der Waals surface area contributed by atoms with Crippen LogP contribution in [0.25, 0.3) is 0 Å². The molecule has 0 aromatic heterocycles. The number of piperidine rings is 1. The fourth-order valence-corrected chi connectivity index (χ4v) is 2.46. The molecule has 2 amide bonds. The standard InChI is InChI=1S/C14H17ClN2O2/c1-10(18)17-7-5-11(6-8-17)14(19)16-13-4-2-3-12(15)9-13/h2-4,9,11H,5-8H2,1H3,(H,16,19). The minimum Gasteiger partial charge on any atom is -0.343 e. The summed E-state index contributed by atoms with van der Waals surface area (Å²) in [6.07, 6.45) is 1.43. The zero-order chi connectivity index (χ0) is 13.8. The molecule has 1 N–H and O–H groups in total. The first-order valence-corrected chi connectivity index (χ1v) is 6.76. The Morgan fingerprint density at radius 3 is 2.58 bits per heavy atom. The van der Waals surface area contributed by atoms with E-state index in [9.17, 15) is 9.59 Å². The van der Waals surface area contributed by atoms with Gasteiger partial charge in [0.15, 0.2) is 0 Å². The average molecular weight is 281 g/mol. The molecule has 5 heteroatoms. The highest BCUT2D eigenvalue weighted by atomic mass is 35.5. The van der Waals surface area contributed by atoms with E-state index in [-0.39, 0.29) is 17.7 Å².